The van der Waals surface area contributed by atoms with E-state index in [-0.39, 0.29) is 35.1 Å². The van der Waals surface area contributed by atoms with Gasteiger partial charge >= 0.3 is 5.97 Å². The van der Waals surface area contributed by atoms with E-state index in [0.717, 1.165) is 84.5 Å². The molecule has 0 spiro atoms. The molecule has 10 heteroatoms. The van der Waals surface area contributed by atoms with Crippen molar-refractivity contribution in [2.75, 3.05) is 38.6 Å². The second-order valence-electron chi connectivity index (χ2n) is 15.6. The number of carbonyl (C=O) groups is 2. The number of hydrogen-bond acceptors (Lipinski definition) is 7. The van der Waals surface area contributed by atoms with Crippen molar-refractivity contribution in [3.8, 4) is 5.75 Å². The smallest absolute Gasteiger partial charge is 0.367 e. The molecule has 0 bridgehead atoms. The lowest BCUT2D eigenvalue weighted by molar-refractivity contribution is -0.916. The molecule has 8 nitrogen and oxygen atoms in total. The van der Waals surface area contributed by atoms with E-state index < -0.39 is 0 Å². The molecule has 5 atom stereocenters. The standard InChI is InChI=1S/C38H56N4O4S.ClH/c1-10-42(11-2,12-3)23-34(44)46-31-19-25-13-15-28-27(29(25)21-30(31)37(5,6)7)17-18-38(8)32(41-45-9)20-26(35(28)38)14-16-33(43)40-36-39-22-24(4)47-36;/h19,21-22,26-28,35H,10-18,20,23H2,1-9H3;1H/b41-32+;/t26-,27?,28?,35?,38-;/m1./s1. The fraction of sp³-hybridized carbons (Fsp3) is 0.684. The first-order valence-electron chi connectivity index (χ1n) is 17.8. The molecule has 1 heterocycles. The van der Waals surface area contributed by atoms with Gasteiger partial charge in [0, 0.05) is 28.5 Å². The number of carbonyl (C=O) groups excluding carboxylic acids is 2. The molecule has 0 aliphatic heterocycles. The van der Waals surface area contributed by atoms with E-state index in [0.29, 0.717) is 41.8 Å². The van der Waals surface area contributed by atoms with Crippen LogP contribution in [-0.2, 0) is 26.3 Å². The number of esters is 1. The molecule has 3 unspecified atom stereocenters. The van der Waals surface area contributed by atoms with E-state index in [1.54, 1.807) is 13.3 Å². The van der Waals surface area contributed by atoms with Crippen LogP contribution in [0.5, 0.6) is 5.75 Å². The molecule has 1 N–H and O–H groups in total. The maximum Gasteiger partial charge on any atom is 0.367 e. The van der Waals surface area contributed by atoms with Crippen LogP contribution in [0.3, 0.4) is 0 Å². The lowest BCUT2D eigenvalue weighted by atomic mass is 9.53. The van der Waals surface area contributed by atoms with E-state index in [1.807, 2.05) is 6.92 Å². The highest BCUT2D eigenvalue weighted by atomic mass is 35.5. The van der Waals surface area contributed by atoms with E-state index >= 15 is 0 Å². The van der Waals surface area contributed by atoms with Crippen molar-refractivity contribution in [1.82, 2.24) is 4.98 Å². The van der Waals surface area contributed by atoms with E-state index in [9.17, 15) is 9.59 Å². The number of nitrogens with zero attached hydrogens (tertiary/aromatic N) is 3. The zero-order valence-electron chi connectivity index (χ0n) is 30.6. The quantitative estimate of drug-likeness (QED) is 0.154. The van der Waals surface area contributed by atoms with Crippen molar-refractivity contribution in [3.63, 3.8) is 0 Å². The number of aromatic nitrogens is 1. The minimum absolute atomic E-state index is 0. The van der Waals surface area contributed by atoms with Crippen molar-refractivity contribution >= 4 is 34.1 Å². The lowest BCUT2D eigenvalue weighted by Crippen LogP contribution is -3.00. The first kappa shape index (κ1) is 38.3. The number of aryl methyl sites for hydroxylation is 2. The normalized spacial score (nSPS) is 25.8. The van der Waals surface area contributed by atoms with Crippen LogP contribution in [0.2, 0.25) is 0 Å². The highest BCUT2D eigenvalue weighted by molar-refractivity contribution is 7.15. The van der Waals surface area contributed by atoms with Crippen molar-refractivity contribution in [3.05, 3.63) is 39.9 Å². The Morgan fingerprint density at radius 3 is 2.46 bits per heavy atom. The van der Waals surface area contributed by atoms with Gasteiger partial charge in [-0.2, -0.15) is 0 Å². The Morgan fingerprint density at radius 2 is 1.85 bits per heavy atom. The molecule has 266 valence electrons. The number of quaternary nitrogens is 1. The lowest BCUT2D eigenvalue weighted by Gasteiger charge is -2.50. The van der Waals surface area contributed by atoms with Gasteiger partial charge in [0.25, 0.3) is 0 Å². The minimum Gasteiger partial charge on any atom is -1.00 e. The van der Waals surface area contributed by atoms with Gasteiger partial charge in [-0.05, 0) is 112 Å². The van der Waals surface area contributed by atoms with Gasteiger partial charge in [-0.25, -0.2) is 9.78 Å². The zero-order valence-corrected chi connectivity index (χ0v) is 32.2. The number of nitrogens with one attached hydrogen (secondary N) is 1. The van der Waals surface area contributed by atoms with Gasteiger partial charge in [0.2, 0.25) is 5.91 Å². The van der Waals surface area contributed by atoms with E-state index in [2.05, 4.69) is 76.1 Å². The summed E-state index contributed by atoms with van der Waals surface area (Å²) in [6, 6.07) is 4.58. The highest BCUT2D eigenvalue weighted by Crippen LogP contribution is 2.63. The summed E-state index contributed by atoms with van der Waals surface area (Å²) in [6.07, 6.45) is 8.17. The molecule has 0 radical (unpaired) electrons. The molecular weight excluding hydrogens is 644 g/mol. The van der Waals surface area contributed by atoms with Gasteiger partial charge in [-0.15, -0.1) is 11.3 Å². The van der Waals surface area contributed by atoms with E-state index in [1.165, 1.54) is 22.5 Å². The summed E-state index contributed by atoms with van der Waals surface area (Å²) in [5.74, 6) is 2.35. The number of amides is 1. The molecule has 0 saturated heterocycles. The molecule has 1 aromatic heterocycles. The summed E-state index contributed by atoms with van der Waals surface area (Å²) in [6.45, 7) is 20.6. The number of rotatable bonds is 11. The molecule has 5 rings (SSSR count). The second kappa shape index (κ2) is 15.2. The Morgan fingerprint density at radius 1 is 1.15 bits per heavy atom. The van der Waals surface area contributed by atoms with Crippen molar-refractivity contribution in [2.45, 2.75) is 112 Å². The Hall–Kier alpha value is -2.49. The topological polar surface area (TPSA) is 89.9 Å². The van der Waals surface area contributed by atoms with Crippen LogP contribution in [0, 0.1) is 30.1 Å². The maximum absolute atomic E-state index is 13.4. The number of hydrogen-bond donors (Lipinski definition) is 1. The average Bonchev–Trinajstić information content (AvgIpc) is 3.57. The first-order valence-corrected chi connectivity index (χ1v) is 18.6. The predicted octanol–water partition coefficient (Wildman–Crippen LogP) is 5.04. The summed E-state index contributed by atoms with van der Waals surface area (Å²) >= 11 is 1.51. The summed E-state index contributed by atoms with van der Waals surface area (Å²) in [7, 11) is 1.65. The van der Waals surface area contributed by atoms with Gasteiger partial charge in [0.15, 0.2) is 11.7 Å². The maximum atomic E-state index is 13.4. The third-order valence-corrected chi connectivity index (χ3v) is 12.8. The molecule has 2 fully saturated rings. The molecule has 3 aliphatic carbocycles. The van der Waals surface area contributed by atoms with Gasteiger partial charge in [0.05, 0.1) is 25.3 Å². The number of thiazole rings is 1. The van der Waals surface area contributed by atoms with Crippen molar-refractivity contribution in [1.29, 1.82) is 0 Å². The molecule has 48 heavy (non-hydrogen) atoms. The minimum atomic E-state index is -0.176. The molecule has 3 aliphatic rings. The summed E-state index contributed by atoms with van der Waals surface area (Å²) in [5, 5.41) is 8.28. The zero-order chi connectivity index (χ0) is 34.1. The Balaban J connectivity index is 0.00000520. The summed E-state index contributed by atoms with van der Waals surface area (Å²) in [4.78, 5) is 37.2. The monoisotopic (exact) mass is 700 g/mol. The van der Waals surface area contributed by atoms with Crippen LogP contribution in [-0.4, -0.2) is 60.3 Å². The molecule has 1 aromatic carbocycles. The summed E-state index contributed by atoms with van der Waals surface area (Å²) < 4.78 is 6.99. The van der Waals surface area contributed by atoms with Crippen LogP contribution in [0.1, 0.15) is 114 Å². The Kier molecular flexibility index (Phi) is 12.1. The number of oxime groups is 1. The van der Waals surface area contributed by atoms with Crippen molar-refractivity contribution < 1.29 is 36.1 Å². The largest absolute Gasteiger partial charge is 1.00 e. The second-order valence-corrected chi connectivity index (χ2v) is 16.8. The number of benzene rings is 1. The molecule has 1 amide bonds. The van der Waals surface area contributed by atoms with E-state index in [4.69, 9.17) is 9.57 Å². The number of likely N-dealkylation sites (N-methyl/N-ethyl adjacent to an activating group) is 1. The first-order chi connectivity index (χ1) is 22.3. The van der Waals surface area contributed by atoms with Crippen LogP contribution in [0.15, 0.2) is 23.5 Å². The Labute approximate surface area is 298 Å². The van der Waals surface area contributed by atoms with Crippen LogP contribution >= 0.6 is 11.3 Å². The third kappa shape index (κ3) is 7.63. The molecular formula is C38H57ClN4O4S. The van der Waals surface area contributed by atoms with Crippen LogP contribution in [0.25, 0.3) is 0 Å². The SMILES string of the molecule is CC[N+](CC)(CC)CC(=O)Oc1cc2c(cc1C(C)(C)C)C1CC[C@]3(C)/C(=N/OC)C[C@@H](CCC(=O)Nc4ncc(C)s4)C3C1CC2.[Cl-]. The van der Waals surface area contributed by atoms with Gasteiger partial charge in [0.1, 0.15) is 12.9 Å². The molecule has 2 saturated carbocycles. The molecule has 2 aromatic rings. The average molecular weight is 701 g/mol. The number of anilines is 1. The number of fused-ring (bicyclic) bond motifs is 5. The fourth-order valence-electron chi connectivity index (χ4n) is 9.21. The predicted molar refractivity (Wildman–Crippen MR) is 190 cm³/mol. The number of halogens is 1. The van der Waals surface area contributed by atoms with Gasteiger partial charge in [-0.1, -0.05) is 38.9 Å². The van der Waals surface area contributed by atoms with Gasteiger partial charge < -0.3 is 31.8 Å². The third-order valence-electron chi connectivity index (χ3n) is 12.0. The van der Waals surface area contributed by atoms with Crippen LogP contribution in [0.4, 0.5) is 5.13 Å². The van der Waals surface area contributed by atoms with Crippen LogP contribution < -0.4 is 22.5 Å². The highest BCUT2D eigenvalue weighted by Gasteiger charge is 2.57. The van der Waals surface area contributed by atoms with Crippen molar-refractivity contribution in [2.24, 2.45) is 28.3 Å². The Bertz CT molecular complexity index is 1490. The van der Waals surface area contributed by atoms with Gasteiger partial charge in [-0.3, -0.25) is 4.79 Å². The fourth-order valence-corrected chi connectivity index (χ4v) is 9.89. The summed E-state index contributed by atoms with van der Waals surface area (Å²) in [5.41, 5.74) is 4.82. The number of ether oxygens (including phenoxy) is 1.